The number of benzene rings is 1. The normalized spacial score (nSPS) is 11.6. The Kier molecular flexibility index (Phi) is 5.53. The number of carbonyl (C=O) groups is 2. The molecule has 2 N–H and O–H groups in total. The second-order valence-corrected chi connectivity index (χ2v) is 4.86. The third-order valence-electron chi connectivity index (χ3n) is 2.66. The third-order valence-corrected chi connectivity index (χ3v) is 3.42. The van der Waals surface area contributed by atoms with Crippen molar-refractivity contribution >= 4 is 29.3 Å². The molecule has 0 bridgehead atoms. The van der Waals surface area contributed by atoms with Gasteiger partial charge in [-0.1, -0.05) is 0 Å². The summed E-state index contributed by atoms with van der Waals surface area (Å²) in [6.07, 6.45) is 1.73. The van der Waals surface area contributed by atoms with Crippen molar-refractivity contribution in [3.05, 3.63) is 27.8 Å². The van der Waals surface area contributed by atoms with Gasteiger partial charge in [0.15, 0.2) is 0 Å². The molecule has 0 aromatic heterocycles. The molecule has 1 rings (SSSR count). The van der Waals surface area contributed by atoms with Crippen LogP contribution in [-0.2, 0) is 4.79 Å². The Morgan fingerprint density at radius 1 is 1.48 bits per heavy atom. The number of nitrogens with one attached hydrogen (secondary N) is 1. The number of methoxy groups -OCH3 is 1. The Hall–Kier alpha value is -2.29. The van der Waals surface area contributed by atoms with Crippen molar-refractivity contribution in [2.75, 3.05) is 13.4 Å². The lowest BCUT2D eigenvalue weighted by Gasteiger charge is -2.12. The van der Waals surface area contributed by atoms with Gasteiger partial charge in [0.1, 0.15) is 17.4 Å². The van der Waals surface area contributed by atoms with E-state index >= 15 is 0 Å². The van der Waals surface area contributed by atoms with Crippen molar-refractivity contribution in [2.45, 2.75) is 17.9 Å². The van der Waals surface area contributed by atoms with Gasteiger partial charge in [-0.05, 0) is 19.2 Å². The zero-order valence-electron chi connectivity index (χ0n) is 11.6. The number of carbonyl (C=O) groups excluding carboxylic acids is 1. The molecule has 0 fully saturated rings. The summed E-state index contributed by atoms with van der Waals surface area (Å²) in [6.45, 7) is 1.27. The molecule has 0 aliphatic carbocycles. The van der Waals surface area contributed by atoms with Crippen LogP contribution in [0.1, 0.15) is 17.3 Å². The van der Waals surface area contributed by atoms with Crippen LogP contribution in [0.4, 0.5) is 5.69 Å². The summed E-state index contributed by atoms with van der Waals surface area (Å²) in [4.78, 5) is 33.6. The van der Waals surface area contributed by atoms with E-state index in [0.29, 0.717) is 4.90 Å². The molecule has 0 spiro atoms. The molecule has 8 nitrogen and oxygen atoms in total. The van der Waals surface area contributed by atoms with E-state index in [9.17, 15) is 19.7 Å². The van der Waals surface area contributed by atoms with E-state index in [1.165, 1.54) is 31.9 Å². The first-order valence-corrected chi connectivity index (χ1v) is 6.98. The van der Waals surface area contributed by atoms with Crippen molar-refractivity contribution < 1.29 is 24.4 Å². The van der Waals surface area contributed by atoms with Crippen molar-refractivity contribution in [1.29, 1.82) is 0 Å². The van der Waals surface area contributed by atoms with E-state index in [0.717, 1.165) is 6.07 Å². The Bertz CT molecular complexity index is 589. The van der Waals surface area contributed by atoms with Crippen LogP contribution in [0.15, 0.2) is 17.0 Å². The average molecular weight is 314 g/mol. The minimum atomic E-state index is -1.23. The van der Waals surface area contributed by atoms with E-state index in [-0.39, 0.29) is 11.3 Å². The van der Waals surface area contributed by atoms with Gasteiger partial charge < -0.3 is 15.2 Å². The highest BCUT2D eigenvalue weighted by Gasteiger charge is 2.25. The van der Waals surface area contributed by atoms with Gasteiger partial charge in [0.2, 0.25) is 0 Å². The van der Waals surface area contributed by atoms with Gasteiger partial charge in [0.25, 0.3) is 11.6 Å². The van der Waals surface area contributed by atoms with E-state index in [1.54, 1.807) is 6.26 Å². The molecule has 0 saturated carbocycles. The molecular weight excluding hydrogens is 300 g/mol. The number of nitro benzene ring substituents is 1. The van der Waals surface area contributed by atoms with Crippen molar-refractivity contribution in [3.8, 4) is 5.75 Å². The van der Waals surface area contributed by atoms with Crippen molar-refractivity contribution in [2.24, 2.45) is 0 Å². The number of thioether (sulfide) groups is 1. The van der Waals surface area contributed by atoms with Crippen molar-refractivity contribution in [1.82, 2.24) is 5.32 Å². The topological polar surface area (TPSA) is 119 Å². The Morgan fingerprint density at radius 3 is 2.52 bits per heavy atom. The molecule has 0 aliphatic rings. The summed E-state index contributed by atoms with van der Waals surface area (Å²) >= 11 is 1.25. The van der Waals surface area contributed by atoms with Gasteiger partial charge in [-0.15, -0.1) is 11.8 Å². The second-order valence-electron chi connectivity index (χ2n) is 4.01. The van der Waals surface area contributed by atoms with Gasteiger partial charge in [-0.2, -0.15) is 0 Å². The monoisotopic (exact) mass is 314 g/mol. The number of carboxylic acids is 1. The van der Waals surface area contributed by atoms with Crippen LogP contribution in [-0.4, -0.2) is 41.3 Å². The highest BCUT2D eigenvalue weighted by atomic mass is 32.2. The molecule has 9 heteroatoms. The maximum Gasteiger partial charge on any atom is 0.325 e. The van der Waals surface area contributed by atoms with E-state index in [1.807, 2.05) is 0 Å². The van der Waals surface area contributed by atoms with Crippen LogP contribution in [0.5, 0.6) is 5.75 Å². The number of aliphatic carboxylic acids is 1. The smallest absolute Gasteiger partial charge is 0.325 e. The Morgan fingerprint density at radius 2 is 2.10 bits per heavy atom. The Labute approximate surface area is 124 Å². The largest absolute Gasteiger partial charge is 0.495 e. The highest BCUT2D eigenvalue weighted by molar-refractivity contribution is 7.98. The molecular formula is C12H14N2O6S. The van der Waals surface area contributed by atoms with Gasteiger partial charge in [-0.25, -0.2) is 0 Å². The third kappa shape index (κ3) is 3.85. The predicted octanol–water partition coefficient (Wildman–Crippen LogP) is 1.53. The minimum absolute atomic E-state index is 0.210. The molecule has 0 aliphatic heterocycles. The van der Waals surface area contributed by atoms with Gasteiger partial charge in [-0.3, -0.25) is 19.7 Å². The second kappa shape index (κ2) is 6.93. The number of carboxylic acid groups (broad SMARTS) is 1. The van der Waals surface area contributed by atoms with Gasteiger partial charge in [0, 0.05) is 0 Å². The fourth-order valence-corrected chi connectivity index (χ4v) is 2.12. The molecule has 1 aromatic carbocycles. The number of amides is 1. The molecule has 21 heavy (non-hydrogen) atoms. The number of nitrogens with zero attached hydrogens (tertiary/aromatic N) is 1. The molecule has 0 saturated heterocycles. The lowest BCUT2D eigenvalue weighted by Crippen LogP contribution is -2.38. The maximum absolute atomic E-state index is 12.0. The number of ether oxygens (including phenoxy) is 1. The first-order chi connectivity index (χ1) is 9.81. The highest BCUT2D eigenvalue weighted by Crippen LogP contribution is 2.34. The molecule has 0 unspecified atom stereocenters. The first-order valence-electron chi connectivity index (χ1n) is 5.75. The number of rotatable bonds is 6. The summed E-state index contributed by atoms with van der Waals surface area (Å²) in [6, 6.07) is 1.30. The number of hydrogen-bond donors (Lipinski definition) is 2. The molecule has 1 aromatic rings. The summed E-state index contributed by atoms with van der Waals surface area (Å²) in [5, 5.41) is 22.0. The van der Waals surface area contributed by atoms with Crippen LogP contribution < -0.4 is 10.1 Å². The van der Waals surface area contributed by atoms with Crippen LogP contribution in [0.3, 0.4) is 0 Å². The molecule has 1 amide bonds. The zero-order chi connectivity index (χ0) is 16.2. The van der Waals surface area contributed by atoms with Crippen LogP contribution in [0, 0.1) is 10.1 Å². The summed E-state index contributed by atoms with van der Waals surface area (Å²) in [5.41, 5.74) is -0.655. The zero-order valence-corrected chi connectivity index (χ0v) is 12.4. The lowest BCUT2D eigenvalue weighted by molar-refractivity contribution is -0.385. The van der Waals surface area contributed by atoms with E-state index < -0.39 is 28.5 Å². The quantitative estimate of drug-likeness (QED) is 0.464. The lowest BCUT2D eigenvalue weighted by atomic mass is 10.1. The maximum atomic E-state index is 12.0. The van der Waals surface area contributed by atoms with Gasteiger partial charge >= 0.3 is 5.97 Å². The van der Waals surface area contributed by atoms with Crippen molar-refractivity contribution in [3.63, 3.8) is 0 Å². The number of nitro groups is 1. The summed E-state index contributed by atoms with van der Waals surface area (Å²) in [5.74, 6) is -1.78. The molecule has 1 atom stereocenters. The molecule has 0 heterocycles. The van der Waals surface area contributed by atoms with Gasteiger partial charge in [0.05, 0.1) is 23.0 Å². The van der Waals surface area contributed by atoms with Crippen LogP contribution in [0.25, 0.3) is 0 Å². The fourth-order valence-electron chi connectivity index (χ4n) is 1.54. The molecule has 114 valence electrons. The SMILES string of the molecule is COc1cc([N+](=O)[O-])c(C(=O)N[C@H](C)C(=O)O)cc1SC. The fraction of sp³-hybridized carbons (Fsp3) is 0.333. The summed E-state index contributed by atoms with van der Waals surface area (Å²) < 4.78 is 5.03. The van der Waals surface area contributed by atoms with Crippen LogP contribution in [0.2, 0.25) is 0 Å². The standard InChI is InChI=1S/C12H14N2O6S/c1-6(12(16)17)13-11(15)7-4-10(21-3)9(20-2)5-8(7)14(18)19/h4-6H,1-3H3,(H,13,15)(H,16,17)/t6-/m1/s1. The average Bonchev–Trinajstić information content (AvgIpc) is 2.45. The minimum Gasteiger partial charge on any atom is -0.495 e. The Balaban J connectivity index is 3.29. The van der Waals surface area contributed by atoms with E-state index in [2.05, 4.69) is 5.32 Å². The first kappa shape index (κ1) is 16.8. The number of hydrogen-bond acceptors (Lipinski definition) is 6. The van der Waals surface area contributed by atoms with E-state index in [4.69, 9.17) is 9.84 Å². The summed E-state index contributed by atoms with van der Waals surface area (Å²) in [7, 11) is 1.37. The van der Waals surface area contributed by atoms with Crippen LogP contribution >= 0.6 is 11.8 Å². The molecule has 0 radical (unpaired) electrons. The predicted molar refractivity (Wildman–Crippen MR) is 76.0 cm³/mol.